The molecule has 5 aromatic heterocycles. The van der Waals surface area contributed by atoms with Gasteiger partial charge in [0.05, 0.1) is 43.0 Å². The third kappa shape index (κ3) is 3.35. The van der Waals surface area contributed by atoms with Crippen molar-refractivity contribution in [2.75, 3.05) is 20.3 Å². The SMILES string of the molecule is COc1cc2nnc(-c3cc(C)on3)n2nc1OCc1ccc2c(=O)n(C3COC3)ccc2n1. The van der Waals surface area contributed by atoms with E-state index < -0.39 is 0 Å². The summed E-state index contributed by atoms with van der Waals surface area (Å²) in [7, 11) is 1.52. The highest BCUT2D eigenvalue weighted by atomic mass is 16.5. The van der Waals surface area contributed by atoms with Crippen molar-refractivity contribution < 1.29 is 18.7 Å². The summed E-state index contributed by atoms with van der Waals surface area (Å²) in [6.07, 6.45) is 1.76. The Bertz CT molecular complexity index is 1580. The molecule has 0 radical (unpaired) electrons. The Kier molecular flexibility index (Phi) is 4.73. The molecule has 172 valence electrons. The summed E-state index contributed by atoms with van der Waals surface area (Å²) >= 11 is 0. The van der Waals surface area contributed by atoms with E-state index in [-0.39, 0.29) is 24.1 Å². The largest absolute Gasteiger partial charge is 0.491 e. The maximum atomic E-state index is 12.8. The summed E-state index contributed by atoms with van der Waals surface area (Å²) in [5.74, 6) is 1.69. The van der Waals surface area contributed by atoms with Crippen molar-refractivity contribution in [2.45, 2.75) is 19.6 Å². The predicted molar refractivity (Wildman–Crippen MR) is 118 cm³/mol. The molecule has 0 atom stereocenters. The first-order chi connectivity index (χ1) is 16.6. The maximum Gasteiger partial charge on any atom is 0.275 e. The zero-order valence-corrected chi connectivity index (χ0v) is 18.3. The average molecular weight is 461 g/mol. The van der Waals surface area contributed by atoms with Gasteiger partial charge in [0.2, 0.25) is 5.82 Å². The van der Waals surface area contributed by atoms with Gasteiger partial charge in [-0.05, 0) is 25.1 Å². The number of hydrogen-bond donors (Lipinski definition) is 0. The van der Waals surface area contributed by atoms with Gasteiger partial charge in [0, 0.05) is 18.3 Å². The van der Waals surface area contributed by atoms with E-state index >= 15 is 0 Å². The minimum atomic E-state index is -0.0808. The van der Waals surface area contributed by atoms with Crippen LogP contribution in [0.3, 0.4) is 0 Å². The number of hydrogen-bond acceptors (Lipinski definition) is 10. The summed E-state index contributed by atoms with van der Waals surface area (Å²) in [4.78, 5) is 17.3. The standard InChI is InChI=1S/C22H19N7O5/c1-12-7-17(27-34-12)20-25-24-19-8-18(31-2)21(26-29(19)20)33-9-13-3-4-15-16(23-13)5-6-28(22(15)30)14-10-32-11-14/h3-8,14H,9-11H2,1-2H3. The third-order valence-corrected chi connectivity index (χ3v) is 5.61. The Morgan fingerprint density at radius 1 is 1.18 bits per heavy atom. The molecule has 6 rings (SSSR count). The van der Waals surface area contributed by atoms with E-state index in [1.807, 2.05) is 6.07 Å². The van der Waals surface area contributed by atoms with E-state index in [1.165, 1.54) is 11.6 Å². The first-order valence-electron chi connectivity index (χ1n) is 10.6. The molecule has 0 spiro atoms. The minimum Gasteiger partial charge on any atom is -0.491 e. The van der Waals surface area contributed by atoms with Crippen LogP contribution in [0, 0.1) is 6.92 Å². The summed E-state index contributed by atoms with van der Waals surface area (Å²) in [5.41, 5.74) is 2.13. The molecule has 0 N–H and O–H groups in total. The van der Waals surface area contributed by atoms with Crippen LogP contribution in [0.2, 0.25) is 0 Å². The molecule has 12 nitrogen and oxygen atoms in total. The highest BCUT2D eigenvalue weighted by molar-refractivity contribution is 5.77. The van der Waals surface area contributed by atoms with Crippen molar-refractivity contribution in [1.29, 1.82) is 0 Å². The fourth-order valence-corrected chi connectivity index (χ4v) is 3.75. The van der Waals surface area contributed by atoms with E-state index in [4.69, 9.17) is 18.7 Å². The van der Waals surface area contributed by atoms with Gasteiger partial charge in [-0.2, -0.15) is 4.52 Å². The highest BCUT2D eigenvalue weighted by Gasteiger charge is 2.22. The van der Waals surface area contributed by atoms with E-state index in [2.05, 4.69) is 25.4 Å². The van der Waals surface area contributed by atoms with Crippen LogP contribution in [0.1, 0.15) is 17.5 Å². The average Bonchev–Trinajstić information content (AvgIpc) is 3.43. The molecule has 0 unspecified atom stereocenters. The number of fused-ring (bicyclic) bond motifs is 2. The third-order valence-electron chi connectivity index (χ3n) is 5.61. The smallest absolute Gasteiger partial charge is 0.275 e. The van der Waals surface area contributed by atoms with Crippen LogP contribution in [0.5, 0.6) is 11.6 Å². The summed E-state index contributed by atoms with van der Waals surface area (Å²) < 4.78 is 24.9. The zero-order chi connectivity index (χ0) is 23.2. The van der Waals surface area contributed by atoms with Crippen LogP contribution in [-0.2, 0) is 11.3 Å². The lowest BCUT2D eigenvalue weighted by Gasteiger charge is -2.28. The number of methoxy groups -OCH3 is 1. The molecule has 0 bridgehead atoms. The van der Waals surface area contributed by atoms with Gasteiger partial charge in [0.15, 0.2) is 17.1 Å². The molecular weight excluding hydrogens is 442 g/mol. The zero-order valence-electron chi connectivity index (χ0n) is 18.3. The second-order valence-corrected chi connectivity index (χ2v) is 7.88. The molecule has 0 saturated carbocycles. The van der Waals surface area contributed by atoms with E-state index in [9.17, 15) is 4.79 Å². The molecule has 1 aliphatic heterocycles. The van der Waals surface area contributed by atoms with Gasteiger partial charge in [-0.3, -0.25) is 4.79 Å². The molecule has 1 aliphatic rings. The molecule has 6 heterocycles. The first-order valence-corrected chi connectivity index (χ1v) is 10.6. The lowest BCUT2D eigenvalue weighted by Crippen LogP contribution is -2.37. The maximum absolute atomic E-state index is 12.8. The number of rotatable bonds is 6. The van der Waals surface area contributed by atoms with E-state index in [1.54, 1.807) is 42.0 Å². The van der Waals surface area contributed by atoms with Crippen LogP contribution in [0.4, 0.5) is 0 Å². The quantitative estimate of drug-likeness (QED) is 0.370. The van der Waals surface area contributed by atoms with E-state index in [0.29, 0.717) is 58.5 Å². The van der Waals surface area contributed by atoms with Gasteiger partial charge < -0.3 is 23.3 Å². The first kappa shape index (κ1) is 20.3. The van der Waals surface area contributed by atoms with Crippen molar-refractivity contribution in [3.8, 4) is 23.1 Å². The molecule has 1 fully saturated rings. The predicted octanol–water partition coefficient (Wildman–Crippen LogP) is 1.96. The number of ether oxygens (including phenoxy) is 3. The van der Waals surface area contributed by atoms with Crippen molar-refractivity contribution >= 4 is 16.6 Å². The van der Waals surface area contributed by atoms with Gasteiger partial charge in [-0.15, -0.1) is 15.3 Å². The van der Waals surface area contributed by atoms with Crippen molar-refractivity contribution in [3.05, 3.63) is 58.3 Å². The topological polar surface area (TPSA) is 132 Å². The molecule has 12 heteroatoms. The molecule has 5 aromatic rings. The Morgan fingerprint density at radius 3 is 2.79 bits per heavy atom. The van der Waals surface area contributed by atoms with Crippen LogP contribution < -0.4 is 15.0 Å². The number of aryl methyl sites for hydroxylation is 1. The minimum absolute atomic E-state index is 0.0806. The normalized spacial score (nSPS) is 13.9. The number of aromatic nitrogens is 7. The lowest BCUT2D eigenvalue weighted by atomic mass is 10.2. The molecule has 1 saturated heterocycles. The van der Waals surface area contributed by atoms with Gasteiger partial charge in [0.25, 0.3) is 11.4 Å². The Hall–Kier alpha value is -4.32. The van der Waals surface area contributed by atoms with Crippen LogP contribution in [0.25, 0.3) is 28.1 Å². The number of pyridine rings is 2. The monoisotopic (exact) mass is 461 g/mol. The second-order valence-electron chi connectivity index (χ2n) is 7.88. The lowest BCUT2D eigenvalue weighted by molar-refractivity contribution is -0.0246. The fraction of sp³-hybridized carbons (Fsp3) is 0.273. The van der Waals surface area contributed by atoms with Crippen LogP contribution in [-0.4, -0.2) is 54.8 Å². The second kappa shape index (κ2) is 7.92. The van der Waals surface area contributed by atoms with Crippen LogP contribution in [0.15, 0.2) is 45.8 Å². The molecule has 34 heavy (non-hydrogen) atoms. The Labute approximate surface area is 191 Å². The summed E-state index contributed by atoms with van der Waals surface area (Å²) in [6, 6.07) is 8.85. The van der Waals surface area contributed by atoms with Gasteiger partial charge in [-0.25, -0.2) is 4.98 Å². The summed E-state index contributed by atoms with van der Waals surface area (Å²) in [6.45, 7) is 3.01. The van der Waals surface area contributed by atoms with Gasteiger partial charge >= 0.3 is 0 Å². The molecule has 0 aliphatic carbocycles. The van der Waals surface area contributed by atoms with Crippen molar-refractivity contribution in [2.24, 2.45) is 0 Å². The van der Waals surface area contributed by atoms with Crippen molar-refractivity contribution in [1.82, 2.24) is 34.5 Å². The molecule has 0 amide bonds. The van der Waals surface area contributed by atoms with Crippen LogP contribution >= 0.6 is 0 Å². The van der Waals surface area contributed by atoms with E-state index in [0.717, 1.165) is 0 Å². The van der Waals surface area contributed by atoms with Gasteiger partial charge in [0.1, 0.15) is 12.4 Å². The Balaban J connectivity index is 1.30. The molecular formula is C22H19N7O5. The fourth-order valence-electron chi connectivity index (χ4n) is 3.75. The molecule has 0 aromatic carbocycles. The number of nitrogens with zero attached hydrogens (tertiary/aromatic N) is 7. The van der Waals surface area contributed by atoms with Gasteiger partial charge in [-0.1, -0.05) is 5.16 Å². The Morgan fingerprint density at radius 2 is 2.06 bits per heavy atom. The summed E-state index contributed by atoms with van der Waals surface area (Å²) in [5, 5.41) is 17.3. The highest BCUT2D eigenvalue weighted by Crippen LogP contribution is 2.28. The van der Waals surface area contributed by atoms with Crippen molar-refractivity contribution in [3.63, 3.8) is 0 Å².